The van der Waals surface area contributed by atoms with Crippen LogP contribution in [0, 0.1) is 11.8 Å². The number of carbonyl (C=O) groups excluding carboxylic acids is 1. The van der Waals surface area contributed by atoms with Crippen molar-refractivity contribution in [3.63, 3.8) is 0 Å². The molecule has 1 aromatic rings. The van der Waals surface area contributed by atoms with Crippen LogP contribution in [0.2, 0.25) is 0 Å². The van der Waals surface area contributed by atoms with E-state index in [1.807, 2.05) is 0 Å². The summed E-state index contributed by atoms with van der Waals surface area (Å²) in [6.07, 6.45) is 7.36. The van der Waals surface area contributed by atoms with Crippen molar-refractivity contribution < 1.29 is 13.2 Å². The first-order valence-corrected chi connectivity index (χ1v) is 11.1. The van der Waals surface area contributed by atoms with Gasteiger partial charge in [0.15, 0.2) is 0 Å². The predicted octanol–water partition coefficient (Wildman–Crippen LogP) is 2.23. The number of carbonyl (C=O) groups is 1. The summed E-state index contributed by atoms with van der Waals surface area (Å²) in [7, 11) is -3.46. The van der Waals surface area contributed by atoms with Gasteiger partial charge in [0.2, 0.25) is 15.9 Å². The second kappa shape index (κ2) is 7.29. The molecule has 1 aromatic carbocycles. The minimum Gasteiger partial charge on any atom is -0.326 e. The Labute approximate surface area is 155 Å². The van der Waals surface area contributed by atoms with Gasteiger partial charge in [-0.2, -0.15) is 0 Å². The Bertz CT molecular complexity index is 747. The molecule has 142 valence electrons. The number of sulfonamides is 1. The number of amides is 1. The predicted molar refractivity (Wildman–Crippen MR) is 100 cm³/mol. The first-order valence-electron chi connectivity index (χ1n) is 9.63. The summed E-state index contributed by atoms with van der Waals surface area (Å²) in [5.74, 6) is 0.951. The van der Waals surface area contributed by atoms with Crippen LogP contribution in [-0.2, 0) is 14.8 Å². The van der Waals surface area contributed by atoms with Gasteiger partial charge in [-0.25, -0.2) is 13.1 Å². The minimum absolute atomic E-state index is 0.0127. The molecule has 1 amide bonds. The zero-order valence-electron chi connectivity index (χ0n) is 14.9. The lowest BCUT2D eigenvalue weighted by Gasteiger charge is -2.28. The van der Waals surface area contributed by atoms with E-state index in [1.165, 1.54) is 12.8 Å². The molecule has 2 atom stereocenters. The molecule has 3 N–H and O–H groups in total. The maximum absolute atomic E-state index is 12.3. The van der Waals surface area contributed by atoms with E-state index in [0.29, 0.717) is 42.6 Å². The number of fused-ring (bicyclic) bond motifs is 2. The summed E-state index contributed by atoms with van der Waals surface area (Å²) in [5, 5.41) is 6.49. The third kappa shape index (κ3) is 4.45. The second-order valence-electron chi connectivity index (χ2n) is 8.05. The van der Waals surface area contributed by atoms with Crippen molar-refractivity contribution in [3.8, 4) is 0 Å². The van der Waals surface area contributed by atoms with Gasteiger partial charge in [-0.3, -0.25) is 4.79 Å². The number of piperidine rings is 1. The van der Waals surface area contributed by atoms with Crippen LogP contribution in [0.3, 0.4) is 0 Å². The quantitative estimate of drug-likeness (QED) is 0.680. The van der Waals surface area contributed by atoms with Crippen molar-refractivity contribution in [2.24, 2.45) is 11.8 Å². The van der Waals surface area contributed by atoms with E-state index in [-0.39, 0.29) is 10.8 Å². The van der Waals surface area contributed by atoms with Crippen LogP contribution in [0.4, 0.5) is 5.69 Å². The molecular weight excluding hydrogens is 350 g/mol. The summed E-state index contributed by atoms with van der Waals surface area (Å²) in [4.78, 5) is 12.6. The molecule has 6 nitrogen and oxygen atoms in total. The molecule has 0 radical (unpaired) electrons. The average molecular weight is 378 g/mol. The van der Waals surface area contributed by atoms with Crippen LogP contribution in [-0.4, -0.2) is 33.0 Å². The molecule has 1 saturated carbocycles. The molecule has 0 spiro atoms. The van der Waals surface area contributed by atoms with E-state index in [4.69, 9.17) is 0 Å². The molecule has 2 bridgehead atoms. The number of nitrogens with one attached hydrogen (secondary N) is 3. The van der Waals surface area contributed by atoms with E-state index in [0.717, 1.165) is 25.7 Å². The Morgan fingerprint density at radius 2 is 1.65 bits per heavy atom. The first-order chi connectivity index (χ1) is 12.5. The van der Waals surface area contributed by atoms with E-state index >= 15 is 0 Å². The number of hydrogen-bond acceptors (Lipinski definition) is 4. The van der Waals surface area contributed by atoms with Gasteiger partial charge < -0.3 is 10.6 Å². The molecule has 2 unspecified atom stereocenters. The lowest BCUT2D eigenvalue weighted by Crippen LogP contribution is -2.39. The van der Waals surface area contributed by atoms with Crippen LogP contribution >= 0.6 is 0 Å². The fourth-order valence-electron chi connectivity index (χ4n) is 4.17. The third-order valence-corrected chi connectivity index (χ3v) is 7.19. The van der Waals surface area contributed by atoms with Gasteiger partial charge >= 0.3 is 0 Å². The first kappa shape index (κ1) is 17.9. The number of rotatable bonds is 7. The number of benzene rings is 1. The number of hydrogen-bond donors (Lipinski definition) is 3. The topological polar surface area (TPSA) is 87.3 Å². The monoisotopic (exact) mass is 377 g/mol. The fourth-order valence-corrected chi connectivity index (χ4v) is 5.28. The molecule has 2 saturated heterocycles. The Morgan fingerprint density at radius 3 is 2.27 bits per heavy atom. The van der Waals surface area contributed by atoms with Gasteiger partial charge in [0, 0.05) is 30.7 Å². The Hall–Kier alpha value is -1.44. The van der Waals surface area contributed by atoms with Crippen molar-refractivity contribution in [1.82, 2.24) is 10.0 Å². The molecular formula is C19H27N3O3S. The summed E-state index contributed by atoms with van der Waals surface area (Å²) in [6.45, 7) is 0.513. The fraction of sp³-hybridized carbons (Fsp3) is 0.632. The van der Waals surface area contributed by atoms with Crippen molar-refractivity contribution >= 4 is 21.6 Å². The van der Waals surface area contributed by atoms with Gasteiger partial charge in [0.1, 0.15) is 0 Å². The van der Waals surface area contributed by atoms with E-state index in [9.17, 15) is 13.2 Å². The molecule has 26 heavy (non-hydrogen) atoms. The van der Waals surface area contributed by atoms with Gasteiger partial charge in [0.05, 0.1) is 4.90 Å². The summed E-state index contributed by atoms with van der Waals surface area (Å²) >= 11 is 0. The lowest BCUT2D eigenvalue weighted by atomic mass is 9.89. The van der Waals surface area contributed by atoms with Crippen molar-refractivity contribution in [2.45, 2.75) is 61.9 Å². The van der Waals surface area contributed by atoms with Crippen LogP contribution < -0.4 is 15.4 Å². The SMILES string of the molecule is O=C(CC1CC2CCC(C1)N2)Nc1ccc(S(=O)(=O)NCC2CC2)cc1. The maximum atomic E-state index is 12.3. The summed E-state index contributed by atoms with van der Waals surface area (Å²) in [5.41, 5.74) is 0.646. The second-order valence-corrected chi connectivity index (χ2v) is 9.81. The van der Waals surface area contributed by atoms with Gasteiger partial charge in [-0.1, -0.05) is 0 Å². The molecule has 2 aliphatic heterocycles. The van der Waals surface area contributed by atoms with Crippen LogP contribution in [0.15, 0.2) is 29.2 Å². The van der Waals surface area contributed by atoms with Gasteiger partial charge in [-0.15, -0.1) is 0 Å². The van der Waals surface area contributed by atoms with Gasteiger partial charge in [0.25, 0.3) is 0 Å². The highest BCUT2D eigenvalue weighted by Gasteiger charge is 2.34. The smallest absolute Gasteiger partial charge is 0.240 e. The molecule has 3 aliphatic rings. The average Bonchev–Trinajstić information content (AvgIpc) is 3.37. The van der Waals surface area contributed by atoms with Crippen LogP contribution in [0.5, 0.6) is 0 Å². The van der Waals surface area contributed by atoms with Crippen molar-refractivity contribution in [2.75, 3.05) is 11.9 Å². The van der Waals surface area contributed by atoms with Crippen LogP contribution in [0.1, 0.15) is 44.9 Å². The van der Waals surface area contributed by atoms with Crippen LogP contribution in [0.25, 0.3) is 0 Å². The van der Waals surface area contributed by atoms with E-state index in [2.05, 4.69) is 15.4 Å². The van der Waals surface area contributed by atoms with Gasteiger partial charge in [-0.05, 0) is 74.6 Å². The highest BCUT2D eigenvalue weighted by Crippen LogP contribution is 2.33. The molecule has 1 aliphatic carbocycles. The highest BCUT2D eigenvalue weighted by atomic mass is 32.2. The molecule has 3 fully saturated rings. The Kier molecular flexibility index (Phi) is 5.03. The summed E-state index contributed by atoms with van der Waals surface area (Å²) < 4.78 is 27.1. The highest BCUT2D eigenvalue weighted by molar-refractivity contribution is 7.89. The maximum Gasteiger partial charge on any atom is 0.240 e. The van der Waals surface area contributed by atoms with E-state index in [1.54, 1.807) is 24.3 Å². The minimum atomic E-state index is -3.46. The zero-order valence-corrected chi connectivity index (χ0v) is 15.7. The summed E-state index contributed by atoms with van der Waals surface area (Å²) in [6, 6.07) is 7.59. The zero-order chi connectivity index (χ0) is 18.1. The molecule has 7 heteroatoms. The molecule has 0 aromatic heterocycles. The largest absolute Gasteiger partial charge is 0.326 e. The van der Waals surface area contributed by atoms with Crippen molar-refractivity contribution in [1.29, 1.82) is 0 Å². The molecule has 2 heterocycles. The Morgan fingerprint density at radius 1 is 1.00 bits per heavy atom. The van der Waals surface area contributed by atoms with Crippen molar-refractivity contribution in [3.05, 3.63) is 24.3 Å². The standard InChI is InChI=1S/C19H27N3O3S/c23-19(11-14-9-16-3-4-17(10-14)21-16)22-15-5-7-18(8-6-15)26(24,25)20-12-13-1-2-13/h5-8,13-14,16-17,20-21H,1-4,9-12H2,(H,22,23). The third-order valence-electron chi connectivity index (χ3n) is 5.75. The normalized spacial score (nSPS) is 28.1. The lowest BCUT2D eigenvalue weighted by molar-refractivity contribution is -0.117. The Balaban J connectivity index is 1.29. The van der Waals surface area contributed by atoms with E-state index < -0.39 is 10.0 Å². The number of anilines is 1. The molecule has 4 rings (SSSR count).